The monoisotopic (exact) mass is 356 g/mol. The molecule has 2 atom stereocenters. The third-order valence-electron chi connectivity index (χ3n) is 4.58. The highest BCUT2D eigenvalue weighted by atomic mass is 79.9. The minimum absolute atomic E-state index is 0.528. The van der Waals surface area contributed by atoms with Crippen molar-refractivity contribution in [3.8, 4) is 0 Å². The summed E-state index contributed by atoms with van der Waals surface area (Å²) in [5.74, 6) is 1.50. The van der Waals surface area contributed by atoms with E-state index in [0.717, 1.165) is 28.5 Å². The summed E-state index contributed by atoms with van der Waals surface area (Å²) in [6, 6.07) is 7.34. The number of piperazine rings is 1. The van der Waals surface area contributed by atoms with E-state index in [1.165, 1.54) is 18.5 Å². The second kappa shape index (κ2) is 5.86. The fourth-order valence-corrected chi connectivity index (χ4v) is 3.86. The second-order valence-corrected chi connectivity index (χ2v) is 7.59. The van der Waals surface area contributed by atoms with Crippen molar-refractivity contribution in [3.05, 3.63) is 27.7 Å². The molecule has 1 saturated carbocycles. The maximum atomic E-state index is 6.28. The zero-order valence-electron chi connectivity index (χ0n) is 12.1. The SMILES string of the molecule is CC(C)C1CNC(C2CC2)CN1c1cccc(Cl)c1Br. The van der Waals surface area contributed by atoms with Gasteiger partial charge >= 0.3 is 0 Å². The molecule has 0 amide bonds. The van der Waals surface area contributed by atoms with Gasteiger partial charge in [-0.05, 0) is 52.7 Å². The molecule has 4 heteroatoms. The predicted molar refractivity (Wildman–Crippen MR) is 89.6 cm³/mol. The van der Waals surface area contributed by atoms with E-state index in [4.69, 9.17) is 11.6 Å². The minimum atomic E-state index is 0.528. The predicted octanol–water partition coefficient (Wildman–Crippen LogP) is 4.32. The lowest BCUT2D eigenvalue weighted by Gasteiger charge is -2.44. The third-order valence-corrected chi connectivity index (χ3v) is 5.96. The van der Waals surface area contributed by atoms with Gasteiger partial charge in [-0.25, -0.2) is 0 Å². The van der Waals surface area contributed by atoms with Crippen LogP contribution in [-0.4, -0.2) is 25.2 Å². The molecule has 20 heavy (non-hydrogen) atoms. The highest BCUT2D eigenvalue weighted by Crippen LogP contribution is 2.39. The number of rotatable bonds is 3. The van der Waals surface area contributed by atoms with Crippen molar-refractivity contribution in [3.63, 3.8) is 0 Å². The molecule has 1 aliphatic heterocycles. The lowest BCUT2D eigenvalue weighted by atomic mass is 9.96. The Kier molecular flexibility index (Phi) is 4.30. The Hall–Kier alpha value is -0.250. The molecule has 110 valence electrons. The zero-order valence-corrected chi connectivity index (χ0v) is 14.4. The van der Waals surface area contributed by atoms with Crippen LogP contribution in [0.25, 0.3) is 0 Å². The smallest absolute Gasteiger partial charge is 0.0595 e. The average molecular weight is 358 g/mol. The van der Waals surface area contributed by atoms with E-state index in [1.807, 2.05) is 12.1 Å². The first-order valence-corrected chi connectivity index (χ1v) is 8.69. The van der Waals surface area contributed by atoms with Crippen molar-refractivity contribution in [1.82, 2.24) is 5.32 Å². The molecule has 0 aromatic heterocycles. The fraction of sp³-hybridized carbons (Fsp3) is 0.625. The maximum Gasteiger partial charge on any atom is 0.0595 e. The fourth-order valence-electron chi connectivity index (χ4n) is 3.20. The molecular formula is C16H22BrClN2. The van der Waals surface area contributed by atoms with Crippen LogP contribution in [0.4, 0.5) is 5.69 Å². The van der Waals surface area contributed by atoms with E-state index in [2.05, 4.69) is 46.1 Å². The summed E-state index contributed by atoms with van der Waals surface area (Å²) in [6.45, 7) is 6.76. The third kappa shape index (κ3) is 2.86. The van der Waals surface area contributed by atoms with Crippen LogP contribution in [0.15, 0.2) is 22.7 Å². The van der Waals surface area contributed by atoms with Crippen LogP contribution < -0.4 is 10.2 Å². The molecule has 1 aromatic carbocycles. The summed E-state index contributed by atoms with van der Waals surface area (Å²) in [5.41, 5.74) is 1.24. The van der Waals surface area contributed by atoms with E-state index in [0.29, 0.717) is 18.0 Å². The van der Waals surface area contributed by atoms with Gasteiger partial charge in [-0.15, -0.1) is 0 Å². The Bertz CT molecular complexity index is 487. The van der Waals surface area contributed by atoms with Crippen molar-refractivity contribution >= 4 is 33.2 Å². The first-order chi connectivity index (χ1) is 9.58. The Morgan fingerprint density at radius 2 is 2.10 bits per heavy atom. The van der Waals surface area contributed by atoms with E-state index in [-0.39, 0.29) is 0 Å². The van der Waals surface area contributed by atoms with Crippen molar-refractivity contribution in [2.24, 2.45) is 11.8 Å². The summed E-state index contributed by atoms with van der Waals surface area (Å²) >= 11 is 9.95. The normalized spacial score (nSPS) is 27.1. The van der Waals surface area contributed by atoms with Gasteiger partial charge in [0.25, 0.3) is 0 Å². The molecule has 1 aromatic rings. The average Bonchev–Trinajstić information content (AvgIpc) is 3.25. The number of nitrogens with one attached hydrogen (secondary N) is 1. The molecule has 2 aliphatic rings. The van der Waals surface area contributed by atoms with Gasteiger partial charge in [0, 0.05) is 25.2 Å². The topological polar surface area (TPSA) is 15.3 Å². The van der Waals surface area contributed by atoms with Crippen LogP contribution in [-0.2, 0) is 0 Å². The molecule has 3 rings (SSSR count). The van der Waals surface area contributed by atoms with Crippen LogP contribution in [0.3, 0.4) is 0 Å². The van der Waals surface area contributed by atoms with Crippen LogP contribution >= 0.6 is 27.5 Å². The number of hydrogen-bond acceptors (Lipinski definition) is 2. The van der Waals surface area contributed by atoms with Gasteiger partial charge in [0.15, 0.2) is 0 Å². The van der Waals surface area contributed by atoms with Gasteiger partial charge in [-0.1, -0.05) is 31.5 Å². The molecule has 1 N–H and O–H groups in total. The standard InChI is InChI=1S/C16H22BrClN2/c1-10(2)15-8-19-13(11-6-7-11)9-20(15)14-5-3-4-12(18)16(14)17/h3-5,10-11,13,15,19H,6-9H2,1-2H3. The molecule has 0 bridgehead atoms. The van der Waals surface area contributed by atoms with Gasteiger partial charge in [0.2, 0.25) is 0 Å². The van der Waals surface area contributed by atoms with Gasteiger partial charge in [0.05, 0.1) is 15.2 Å². The summed E-state index contributed by atoms with van der Waals surface area (Å²) in [5, 5.41) is 4.55. The largest absolute Gasteiger partial charge is 0.364 e. The number of halogens is 2. The lowest BCUT2D eigenvalue weighted by molar-refractivity contribution is 0.320. The second-order valence-electron chi connectivity index (χ2n) is 6.39. The molecule has 1 saturated heterocycles. The highest BCUT2D eigenvalue weighted by Gasteiger charge is 2.38. The van der Waals surface area contributed by atoms with Crippen LogP contribution in [0.5, 0.6) is 0 Å². The molecule has 1 heterocycles. The van der Waals surface area contributed by atoms with Gasteiger partial charge in [0.1, 0.15) is 0 Å². The van der Waals surface area contributed by atoms with E-state index in [1.54, 1.807) is 0 Å². The molecule has 2 fully saturated rings. The Morgan fingerprint density at radius 1 is 1.35 bits per heavy atom. The first-order valence-electron chi connectivity index (χ1n) is 7.52. The van der Waals surface area contributed by atoms with Crippen molar-refractivity contribution in [2.45, 2.75) is 38.8 Å². The highest BCUT2D eigenvalue weighted by molar-refractivity contribution is 9.10. The van der Waals surface area contributed by atoms with Crippen LogP contribution in [0.2, 0.25) is 5.02 Å². The summed E-state index contributed by atoms with van der Waals surface area (Å²) < 4.78 is 1.03. The molecule has 2 unspecified atom stereocenters. The van der Waals surface area contributed by atoms with Crippen molar-refractivity contribution in [2.75, 3.05) is 18.0 Å². The maximum absolute atomic E-state index is 6.28. The first kappa shape index (κ1) is 14.7. The summed E-state index contributed by atoms with van der Waals surface area (Å²) in [6.07, 6.45) is 2.77. The van der Waals surface area contributed by atoms with Gasteiger partial charge < -0.3 is 10.2 Å². The Labute approximate surface area is 135 Å². The van der Waals surface area contributed by atoms with Gasteiger partial charge in [-0.2, -0.15) is 0 Å². The molecule has 1 aliphatic carbocycles. The van der Waals surface area contributed by atoms with E-state index < -0.39 is 0 Å². The van der Waals surface area contributed by atoms with Gasteiger partial charge in [-0.3, -0.25) is 0 Å². The minimum Gasteiger partial charge on any atom is -0.364 e. The Morgan fingerprint density at radius 3 is 2.75 bits per heavy atom. The molecule has 0 radical (unpaired) electrons. The Balaban J connectivity index is 1.90. The zero-order chi connectivity index (χ0) is 14.3. The van der Waals surface area contributed by atoms with E-state index >= 15 is 0 Å². The quantitative estimate of drug-likeness (QED) is 0.867. The number of hydrogen-bond donors (Lipinski definition) is 1. The van der Waals surface area contributed by atoms with Crippen molar-refractivity contribution in [1.29, 1.82) is 0 Å². The van der Waals surface area contributed by atoms with Crippen molar-refractivity contribution < 1.29 is 0 Å². The van der Waals surface area contributed by atoms with Crippen LogP contribution in [0.1, 0.15) is 26.7 Å². The number of benzene rings is 1. The lowest BCUT2D eigenvalue weighted by Crippen LogP contribution is -2.59. The molecule has 0 spiro atoms. The number of nitrogens with zero attached hydrogens (tertiary/aromatic N) is 1. The number of anilines is 1. The van der Waals surface area contributed by atoms with Crippen LogP contribution in [0, 0.1) is 11.8 Å². The van der Waals surface area contributed by atoms with E-state index in [9.17, 15) is 0 Å². The molecular weight excluding hydrogens is 336 g/mol. The molecule has 2 nitrogen and oxygen atoms in total. The summed E-state index contributed by atoms with van der Waals surface area (Å²) in [4.78, 5) is 2.56. The summed E-state index contributed by atoms with van der Waals surface area (Å²) in [7, 11) is 0.